The quantitative estimate of drug-likeness (QED) is 0.415. The second-order valence-electron chi connectivity index (χ2n) is 7.20. The molecule has 0 aromatic heterocycles. The molecule has 0 unspecified atom stereocenters. The highest BCUT2D eigenvalue weighted by molar-refractivity contribution is 5.75. The standard InChI is InChI=1S/C27H25N/c1-20-18-26(16-17-27(20)25-6-4-3-5-7-25)24-14-12-23(13-15-24)22-10-8-21(9-11-22)19-28-2/h3-18,28H,19H2,1-2H3. The summed E-state index contributed by atoms with van der Waals surface area (Å²) in [6, 6.07) is 34.9. The van der Waals surface area contributed by atoms with Gasteiger partial charge in [0, 0.05) is 6.54 Å². The van der Waals surface area contributed by atoms with Gasteiger partial charge >= 0.3 is 0 Å². The molecule has 0 aliphatic carbocycles. The van der Waals surface area contributed by atoms with Gasteiger partial charge in [0.2, 0.25) is 0 Å². The van der Waals surface area contributed by atoms with Crippen molar-refractivity contribution in [1.29, 1.82) is 0 Å². The molecule has 4 rings (SSSR count). The van der Waals surface area contributed by atoms with Crippen LogP contribution in [0.15, 0.2) is 97.1 Å². The molecule has 1 nitrogen and oxygen atoms in total. The van der Waals surface area contributed by atoms with Crippen LogP contribution in [0.3, 0.4) is 0 Å². The molecule has 0 heterocycles. The van der Waals surface area contributed by atoms with Crippen molar-refractivity contribution < 1.29 is 0 Å². The summed E-state index contributed by atoms with van der Waals surface area (Å²) in [6.07, 6.45) is 0. The smallest absolute Gasteiger partial charge is 0.0202 e. The van der Waals surface area contributed by atoms with Crippen LogP contribution >= 0.6 is 0 Å². The lowest BCUT2D eigenvalue weighted by molar-refractivity contribution is 0.818. The van der Waals surface area contributed by atoms with Crippen molar-refractivity contribution in [1.82, 2.24) is 5.32 Å². The second kappa shape index (κ2) is 8.24. The molecule has 0 fully saturated rings. The van der Waals surface area contributed by atoms with E-state index in [4.69, 9.17) is 0 Å². The average Bonchev–Trinajstić information content (AvgIpc) is 2.75. The molecule has 0 amide bonds. The minimum Gasteiger partial charge on any atom is -0.316 e. The van der Waals surface area contributed by atoms with Crippen LogP contribution in [-0.4, -0.2) is 7.05 Å². The maximum atomic E-state index is 3.19. The van der Waals surface area contributed by atoms with Crippen molar-refractivity contribution in [2.45, 2.75) is 13.5 Å². The summed E-state index contributed by atoms with van der Waals surface area (Å²) in [6.45, 7) is 3.09. The number of aryl methyl sites for hydroxylation is 1. The number of hydrogen-bond acceptors (Lipinski definition) is 1. The number of benzene rings is 4. The van der Waals surface area contributed by atoms with E-state index in [9.17, 15) is 0 Å². The Kier molecular flexibility index (Phi) is 5.36. The summed E-state index contributed by atoms with van der Waals surface area (Å²) in [5.41, 5.74) is 10.2. The summed E-state index contributed by atoms with van der Waals surface area (Å²) < 4.78 is 0. The van der Waals surface area contributed by atoms with Crippen molar-refractivity contribution in [3.05, 3.63) is 108 Å². The van der Waals surface area contributed by atoms with Gasteiger partial charge in [-0.25, -0.2) is 0 Å². The van der Waals surface area contributed by atoms with Crippen molar-refractivity contribution in [3.63, 3.8) is 0 Å². The Labute approximate surface area is 167 Å². The Balaban J connectivity index is 1.58. The molecule has 4 aromatic carbocycles. The largest absolute Gasteiger partial charge is 0.316 e. The van der Waals surface area contributed by atoms with E-state index in [0.717, 1.165) is 6.54 Å². The first kappa shape index (κ1) is 18.2. The Morgan fingerprint density at radius 3 is 1.68 bits per heavy atom. The second-order valence-corrected chi connectivity index (χ2v) is 7.20. The Morgan fingerprint density at radius 2 is 1.11 bits per heavy atom. The molecule has 1 N–H and O–H groups in total. The Morgan fingerprint density at radius 1 is 0.571 bits per heavy atom. The van der Waals surface area contributed by atoms with E-state index in [0.29, 0.717) is 0 Å². The third-order valence-electron chi connectivity index (χ3n) is 5.20. The van der Waals surface area contributed by atoms with Crippen LogP contribution < -0.4 is 5.32 Å². The number of hydrogen-bond donors (Lipinski definition) is 1. The lowest BCUT2D eigenvalue weighted by Gasteiger charge is -2.10. The number of nitrogens with one attached hydrogen (secondary N) is 1. The first-order valence-electron chi connectivity index (χ1n) is 9.75. The normalized spacial score (nSPS) is 10.8. The topological polar surface area (TPSA) is 12.0 Å². The fourth-order valence-electron chi connectivity index (χ4n) is 3.66. The van der Waals surface area contributed by atoms with Gasteiger partial charge in [-0.3, -0.25) is 0 Å². The molecular formula is C27H25N. The highest BCUT2D eigenvalue weighted by Crippen LogP contribution is 2.30. The zero-order valence-electron chi connectivity index (χ0n) is 16.4. The van der Waals surface area contributed by atoms with Crippen molar-refractivity contribution in [2.75, 3.05) is 7.05 Å². The summed E-state index contributed by atoms with van der Waals surface area (Å²) in [5, 5.41) is 3.19. The van der Waals surface area contributed by atoms with E-state index in [1.54, 1.807) is 0 Å². The Hall–Kier alpha value is -3.16. The van der Waals surface area contributed by atoms with Crippen LogP contribution in [0.1, 0.15) is 11.1 Å². The van der Waals surface area contributed by atoms with Gasteiger partial charge in [-0.05, 0) is 58.5 Å². The van der Waals surface area contributed by atoms with Crippen LogP contribution in [0.5, 0.6) is 0 Å². The maximum Gasteiger partial charge on any atom is 0.0202 e. The van der Waals surface area contributed by atoms with E-state index in [2.05, 4.69) is 109 Å². The summed E-state index contributed by atoms with van der Waals surface area (Å²) >= 11 is 0. The third kappa shape index (κ3) is 3.90. The molecule has 0 aliphatic heterocycles. The zero-order valence-corrected chi connectivity index (χ0v) is 16.4. The highest BCUT2D eigenvalue weighted by Gasteiger charge is 2.05. The van der Waals surface area contributed by atoms with Gasteiger partial charge in [0.1, 0.15) is 0 Å². The summed E-state index contributed by atoms with van der Waals surface area (Å²) in [5.74, 6) is 0. The lowest BCUT2D eigenvalue weighted by Crippen LogP contribution is -2.04. The fourth-order valence-corrected chi connectivity index (χ4v) is 3.66. The van der Waals surface area contributed by atoms with Crippen LogP contribution in [0.2, 0.25) is 0 Å². The SMILES string of the molecule is CNCc1ccc(-c2ccc(-c3ccc(-c4ccccc4)c(C)c3)cc2)cc1. The Bertz CT molecular complexity index is 1050. The van der Waals surface area contributed by atoms with E-state index < -0.39 is 0 Å². The predicted octanol–water partition coefficient (Wildman–Crippen LogP) is 6.72. The molecule has 0 saturated heterocycles. The van der Waals surface area contributed by atoms with Crippen molar-refractivity contribution >= 4 is 0 Å². The summed E-state index contributed by atoms with van der Waals surface area (Å²) in [7, 11) is 1.97. The van der Waals surface area contributed by atoms with Crippen molar-refractivity contribution in [3.8, 4) is 33.4 Å². The minimum atomic E-state index is 0.900. The molecule has 0 radical (unpaired) electrons. The molecule has 0 saturated carbocycles. The molecular weight excluding hydrogens is 338 g/mol. The van der Waals surface area contributed by atoms with Crippen LogP contribution in [-0.2, 0) is 6.54 Å². The number of rotatable bonds is 5. The first-order chi connectivity index (χ1) is 13.7. The molecule has 0 bridgehead atoms. The molecule has 1 heteroatoms. The molecule has 28 heavy (non-hydrogen) atoms. The minimum absolute atomic E-state index is 0.900. The van der Waals surface area contributed by atoms with E-state index in [1.165, 1.54) is 44.5 Å². The first-order valence-corrected chi connectivity index (χ1v) is 9.75. The summed E-state index contributed by atoms with van der Waals surface area (Å²) in [4.78, 5) is 0. The molecule has 0 aliphatic rings. The van der Waals surface area contributed by atoms with Crippen LogP contribution in [0.25, 0.3) is 33.4 Å². The van der Waals surface area contributed by atoms with Gasteiger partial charge in [0.05, 0.1) is 0 Å². The molecule has 138 valence electrons. The van der Waals surface area contributed by atoms with Gasteiger partial charge in [-0.1, -0.05) is 97.1 Å². The zero-order chi connectivity index (χ0) is 19.3. The van der Waals surface area contributed by atoms with E-state index >= 15 is 0 Å². The van der Waals surface area contributed by atoms with E-state index in [-0.39, 0.29) is 0 Å². The van der Waals surface area contributed by atoms with Gasteiger partial charge in [-0.2, -0.15) is 0 Å². The average molecular weight is 364 g/mol. The molecule has 0 spiro atoms. The predicted molar refractivity (Wildman–Crippen MR) is 120 cm³/mol. The maximum absolute atomic E-state index is 3.19. The van der Waals surface area contributed by atoms with Gasteiger partial charge < -0.3 is 5.32 Å². The highest BCUT2D eigenvalue weighted by atomic mass is 14.8. The van der Waals surface area contributed by atoms with Crippen LogP contribution in [0.4, 0.5) is 0 Å². The third-order valence-corrected chi connectivity index (χ3v) is 5.20. The van der Waals surface area contributed by atoms with Gasteiger partial charge in [0.25, 0.3) is 0 Å². The van der Waals surface area contributed by atoms with Gasteiger partial charge in [-0.15, -0.1) is 0 Å². The van der Waals surface area contributed by atoms with Crippen LogP contribution in [0, 0.1) is 6.92 Å². The fraction of sp³-hybridized carbons (Fsp3) is 0.111. The lowest BCUT2D eigenvalue weighted by atomic mass is 9.95. The van der Waals surface area contributed by atoms with Crippen molar-refractivity contribution in [2.24, 2.45) is 0 Å². The monoisotopic (exact) mass is 363 g/mol. The van der Waals surface area contributed by atoms with E-state index in [1.807, 2.05) is 7.05 Å². The molecule has 0 atom stereocenters. The molecule has 4 aromatic rings. The van der Waals surface area contributed by atoms with Gasteiger partial charge in [0.15, 0.2) is 0 Å².